The summed E-state index contributed by atoms with van der Waals surface area (Å²) in [6.45, 7) is 0. The molecule has 0 amide bonds. The Labute approximate surface area is 155 Å². The van der Waals surface area contributed by atoms with Crippen LogP contribution in [0.25, 0.3) is 11.1 Å². The molecule has 0 radical (unpaired) electrons. The van der Waals surface area contributed by atoms with Crippen molar-refractivity contribution in [1.29, 1.82) is 0 Å². The Morgan fingerprint density at radius 2 is 1.54 bits per heavy atom. The van der Waals surface area contributed by atoms with Crippen LogP contribution < -0.4 is 5.73 Å². The molecule has 3 aromatic carbocycles. The number of nitrogens with two attached hydrogens (primary N) is 1. The number of alkyl halides is 3. The predicted octanol–water partition coefficient (Wildman–Crippen LogP) is 6.39. The summed E-state index contributed by atoms with van der Waals surface area (Å²) >= 11 is 6.09. The minimum Gasteiger partial charge on any atom is -0.398 e. The second kappa shape index (κ2) is 7.42. The molecule has 1 nitrogen and oxygen atoms in total. The maximum Gasteiger partial charge on any atom is 0.416 e. The number of hydrogen-bond acceptors (Lipinski definition) is 1. The quantitative estimate of drug-likeness (QED) is 0.525. The number of nitrogen functional groups attached to an aromatic ring is 1. The Hall–Kier alpha value is -2.46. The van der Waals surface area contributed by atoms with Crippen LogP contribution >= 0.6 is 11.6 Å². The van der Waals surface area contributed by atoms with E-state index in [0.717, 1.165) is 34.4 Å². The molecule has 0 fully saturated rings. The average Bonchev–Trinajstić information content (AvgIpc) is 2.60. The zero-order valence-corrected chi connectivity index (χ0v) is 14.6. The van der Waals surface area contributed by atoms with Crippen LogP contribution in [0, 0.1) is 0 Å². The summed E-state index contributed by atoms with van der Waals surface area (Å²) in [6, 6.07) is 18.5. The molecule has 26 heavy (non-hydrogen) atoms. The molecule has 0 saturated heterocycles. The summed E-state index contributed by atoms with van der Waals surface area (Å²) in [5.41, 5.74) is 9.93. The van der Waals surface area contributed by atoms with Crippen molar-refractivity contribution in [2.24, 2.45) is 0 Å². The lowest BCUT2D eigenvalue weighted by atomic mass is 9.93. The van der Waals surface area contributed by atoms with Gasteiger partial charge in [0.25, 0.3) is 0 Å². The van der Waals surface area contributed by atoms with Gasteiger partial charge in [0.15, 0.2) is 0 Å². The van der Waals surface area contributed by atoms with Gasteiger partial charge in [0.2, 0.25) is 0 Å². The molecule has 0 bridgehead atoms. The molecule has 0 unspecified atom stereocenters. The van der Waals surface area contributed by atoms with Gasteiger partial charge in [-0.15, -0.1) is 0 Å². The van der Waals surface area contributed by atoms with E-state index in [9.17, 15) is 13.2 Å². The molecule has 134 valence electrons. The SMILES string of the molecule is Nc1cccc(-c2cccc(Cl)c2)c1CCc1ccc(C(F)(F)F)cc1. The van der Waals surface area contributed by atoms with Crippen molar-refractivity contribution in [1.82, 2.24) is 0 Å². The summed E-state index contributed by atoms with van der Waals surface area (Å²) in [5.74, 6) is 0. The van der Waals surface area contributed by atoms with Crippen molar-refractivity contribution in [3.8, 4) is 11.1 Å². The summed E-state index contributed by atoms with van der Waals surface area (Å²) in [5, 5.41) is 0.638. The number of aryl methyl sites for hydroxylation is 1. The number of halogens is 4. The van der Waals surface area contributed by atoms with Gasteiger partial charge >= 0.3 is 6.18 Å². The van der Waals surface area contributed by atoms with Gasteiger partial charge in [-0.1, -0.05) is 48.0 Å². The third-order valence-electron chi connectivity index (χ3n) is 4.29. The number of anilines is 1. The van der Waals surface area contributed by atoms with Crippen molar-refractivity contribution < 1.29 is 13.2 Å². The third kappa shape index (κ3) is 4.20. The van der Waals surface area contributed by atoms with Crippen LogP contribution in [0.1, 0.15) is 16.7 Å². The lowest BCUT2D eigenvalue weighted by molar-refractivity contribution is -0.137. The fourth-order valence-corrected chi connectivity index (χ4v) is 3.13. The van der Waals surface area contributed by atoms with E-state index in [4.69, 9.17) is 17.3 Å². The Morgan fingerprint density at radius 1 is 0.846 bits per heavy atom. The second-order valence-corrected chi connectivity index (χ2v) is 6.51. The Kier molecular flexibility index (Phi) is 5.23. The number of hydrogen-bond donors (Lipinski definition) is 1. The highest BCUT2D eigenvalue weighted by Crippen LogP contribution is 2.32. The molecule has 2 N–H and O–H groups in total. The molecule has 0 saturated carbocycles. The van der Waals surface area contributed by atoms with E-state index in [-0.39, 0.29) is 0 Å². The summed E-state index contributed by atoms with van der Waals surface area (Å²) in [4.78, 5) is 0. The van der Waals surface area contributed by atoms with Gasteiger partial charge < -0.3 is 5.73 Å². The molecule has 0 aliphatic rings. The zero-order chi connectivity index (χ0) is 18.7. The standard InChI is InChI=1S/C21H17ClF3N/c22-17-4-1-3-15(13-17)18-5-2-6-20(26)19(18)12-9-14-7-10-16(11-8-14)21(23,24)25/h1-8,10-11,13H,9,12,26H2. The fraction of sp³-hybridized carbons (Fsp3) is 0.143. The van der Waals surface area contributed by atoms with Crippen molar-refractivity contribution in [2.45, 2.75) is 19.0 Å². The van der Waals surface area contributed by atoms with E-state index in [0.29, 0.717) is 23.6 Å². The van der Waals surface area contributed by atoms with Crippen LogP contribution in [0.2, 0.25) is 5.02 Å². The molecule has 3 rings (SSSR count). The average molecular weight is 376 g/mol. The van der Waals surface area contributed by atoms with E-state index < -0.39 is 11.7 Å². The summed E-state index contributed by atoms with van der Waals surface area (Å²) in [6.07, 6.45) is -3.10. The van der Waals surface area contributed by atoms with Crippen LogP contribution in [0.5, 0.6) is 0 Å². The van der Waals surface area contributed by atoms with E-state index in [1.165, 1.54) is 12.1 Å². The van der Waals surface area contributed by atoms with E-state index >= 15 is 0 Å². The van der Waals surface area contributed by atoms with Gasteiger partial charge in [0.05, 0.1) is 5.56 Å². The molecule has 0 aliphatic heterocycles. The highest BCUT2D eigenvalue weighted by molar-refractivity contribution is 6.30. The van der Waals surface area contributed by atoms with Crippen LogP contribution in [0.3, 0.4) is 0 Å². The molecule has 0 aliphatic carbocycles. The molecular formula is C21H17ClF3N. The van der Waals surface area contributed by atoms with Gasteiger partial charge in [0, 0.05) is 10.7 Å². The summed E-state index contributed by atoms with van der Waals surface area (Å²) < 4.78 is 38.0. The molecular weight excluding hydrogens is 359 g/mol. The van der Waals surface area contributed by atoms with Crippen LogP contribution in [-0.4, -0.2) is 0 Å². The normalized spacial score (nSPS) is 11.5. The Balaban J connectivity index is 1.84. The van der Waals surface area contributed by atoms with Gasteiger partial charge in [-0.25, -0.2) is 0 Å². The van der Waals surface area contributed by atoms with E-state index in [1.54, 1.807) is 6.07 Å². The van der Waals surface area contributed by atoms with Gasteiger partial charge in [0.1, 0.15) is 0 Å². The van der Waals surface area contributed by atoms with Gasteiger partial charge in [-0.2, -0.15) is 13.2 Å². The highest BCUT2D eigenvalue weighted by Gasteiger charge is 2.29. The zero-order valence-electron chi connectivity index (χ0n) is 13.9. The molecule has 0 heterocycles. The number of rotatable bonds is 4. The maximum absolute atomic E-state index is 12.7. The van der Waals surface area contributed by atoms with Gasteiger partial charge in [-0.3, -0.25) is 0 Å². The minimum absolute atomic E-state index is 0.597. The minimum atomic E-state index is -4.32. The van der Waals surface area contributed by atoms with Crippen molar-refractivity contribution in [3.05, 3.63) is 88.4 Å². The first-order valence-corrected chi connectivity index (χ1v) is 8.52. The first kappa shape index (κ1) is 18.3. The molecule has 0 aromatic heterocycles. The monoisotopic (exact) mass is 375 g/mol. The van der Waals surface area contributed by atoms with Crippen molar-refractivity contribution in [2.75, 3.05) is 5.73 Å². The lowest BCUT2D eigenvalue weighted by Gasteiger charge is -2.13. The topological polar surface area (TPSA) is 26.0 Å². The van der Waals surface area contributed by atoms with E-state index in [1.807, 2.05) is 36.4 Å². The largest absolute Gasteiger partial charge is 0.416 e. The lowest BCUT2D eigenvalue weighted by Crippen LogP contribution is -2.05. The Bertz CT molecular complexity index is 902. The first-order chi connectivity index (χ1) is 12.3. The third-order valence-corrected chi connectivity index (χ3v) is 4.53. The number of benzene rings is 3. The van der Waals surface area contributed by atoms with Gasteiger partial charge in [-0.05, 0) is 65.4 Å². The Morgan fingerprint density at radius 3 is 2.19 bits per heavy atom. The first-order valence-electron chi connectivity index (χ1n) is 8.14. The van der Waals surface area contributed by atoms with Crippen molar-refractivity contribution >= 4 is 17.3 Å². The predicted molar refractivity (Wildman–Crippen MR) is 100 cm³/mol. The highest BCUT2D eigenvalue weighted by atomic mass is 35.5. The fourth-order valence-electron chi connectivity index (χ4n) is 2.94. The van der Waals surface area contributed by atoms with Crippen LogP contribution in [0.15, 0.2) is 66.7 Å². The van der Waals surface area contributed by atoms with Crippen LogP contribution in [0.4, 0.5) is 18.9 Å². The maximum atomic E-state index is 12.7. The van der Waals surface area contributed by atoms with Crippen molar-refractivity contribution in [3.63, 3.8) is 0 Å². The molecule has 3 aromatic rings. The van der Waals surface area contributed by atoms with Crippen LogP contribution in [-0.2, 0) is 19.0 Å². The van der Waals surface area contributed by atoms with E-state index in [2.05, 4.69) is 0 Å². The second-order valence-electron chi connectivity index (χ2n) is 6.08. The summed E-state index contributed by atoms with van der Waals surface area (Å²) in [7, 11) is 0. The smallest absolute Gasteiger partial charge is 0.398 e. The molecule has 5 heteroatoms. The molecule has 0 spiro atoms. The molecule has 0 atom stereocenters.